The lowest BCUT2D eigenvalue weighted by Gasteiger charge is -2.04. The molecule has 0 radical (unpaired) electrons. The molecule has 0 fully saturated rings. The number of rotatable bonds is 4. The number of hydrogen-bond donors (Lipinski definition) is 2. The number of furan rings is 1. The third-order valence-corrected chi connectivity index (χ3v) is 4.38. The summed E-state index contributed by atoms with van der Waals surface area (Å²) in [5.74, 6) is -0.416. The number of allylic oxidation sites excluding steroid dienone is 1. The van der Waals surface area contributed by atoms with Crippen LogP contribution >= 0.6 is 0 Å². The van der Waals surface area contributed by atoms with Gasteiger partial charge in [0.25, 0.3) is 11.2 Å². The van der Waals surface area contributed by atoms with Crippen LogP contribution in [-0.2, 0) is 0 Å². The third kappa shape index (κ3) is 3.29. The maximum Gasteiger partial charge on any atom is 0.270 e. The summed E-state index contributed by atoms with van der Waals surface area (Å²) in [5, 5.41) is 31.5. The van der Waals surface area contributed by atoms with E-state index in [1.165, 1.54) is 30.3 Å². The molecule has 2 heterocycles. The zero-order valence-corrected chi connectivity index (χ0v) is 15.2. The number of fused-ring (bicyclic) bond motifs is 1. The van der Waals surface area contributed by atoms with Crippen molar-refractivity contribution in [2.45, 2.75) is 0 Å². The van der Waals surface area contributed by atoms with E-state index in [4.69, 9.17) is 4.42 Å². The highest BCUT2D eigenvalue weighted by Crippen LogP contribution is 2.30. The number of aromatic nitrogens is 2. The summed E-state index contributed by atoms with van der Waals surface area (Å²) in [6.07, 6.45) is 0. The van der Waals surface area contributed by atoms with Crippen LogP contribution in [0.3, 0.4) is 0 Å². The first kappa shape index (κ1) is 18.6. The fraction of sp³-hybridized carbons (Fsp3) is 0. The van der Waals surface area contributed by atoms with Crippen LogP contribution in [0.25, 0.3) is 33.6 Å². The Hall–Kier alpha value is -4.71. The lowest BCUT2D eigenvalue weighted by Crippen LogP contribution is -2.11. The number of aliphatic hydroxyl groups excluding tert-OH is 1. The number of non-ortho nitro benzene ring substituents is 1. The van der Waals surface area contributed by atoms with Crippen LogP contribution in [0.4, 0.5) is 5.69 Å². The predicted molar refractivity (Wildman–Crippen MR) is 108 cm³/mol. The van der Waals surface area contributed by atoms with Crippen LogP contribution in [-0.4, -0.2) is 20.0 Å². The average Bonchev–Trinajstić information content (AvgIpc) is 3.25. The first-order chi connectivity index (χ1) is 14.5. The fourth-order valence-corrected chi connectivity index (χ4v) is 2.94. The van der Waals surface area contributed by atoms with Gasteiger partial charge in [-0.3, -0.25) is 14.9 Å². The molecule has 2 aromatic carbocycles. The summed E-state index contributed by atoms with van der Waals surface area (Å²) in [5.41, 5.74) is -0.0425. The van der Waals surface area contributed by atoms with E-state index in [0.29, 0.717) is 16.5 Å². The van der Waals surface area contributed by atoms with Crippen molar-refractivity contribution in [1.29, 1.82) is 5.26 Å². The van der Waals surface area contributed by atoms with Gasteiger partial charge in [-0.1, -0.05) is 24.3 Å². The summed E-state index contributed by atoms with van der Waals surface area (Å²) in [6.45, 7) is 0. The Morgan fingerprint density at radius 1 is 1.17 bits per heavy atom. The Morgan fingerprint density at radius 2 is 1.97 bits per heavy atom. The van der Waals surface area contributed by atoms with E-state index in [9.17, 15) is 25.3 Å². The Balaban J connectivity index is 1.79. The largest absolute Gasteiger partial charge is 0.503 e. The van der Waals surface area contributed by atoms with E-state index in [1.807, 2.05) is 6.07 Å². The SMILES string of the molecule is N#C/C(=C(/O)c1ccc(-c2cccc([N+](=O)[O-])c2)o1)c1nc2ccccc2c(=O)[nH]1. The Bertz CT molecular complexity index is 1430. The number of nitro groups is 1. The highest BCUT2D eigenvalue weighted by Gasteiger charge is 2.18. The first-order valence-corrected chi connectivity index (χ1v) is 8.65. The van der Waals surface area contributed by atoms with Crippen molar-refractivity contribution in [2.75, 3.05) is 0 Å². The number of nitrogens with zero attached hydrogens (tertiary/aromatic N) is 3. The molecule has 0 spiro atoms. The molecular weight excluding hydrogens is 388 g/mol. The van der Waals surface area contributed by atoms with Crippen LogP contribution in [0, 0.1) is 21.4 Å². The van der Waals surface area contributed by atoms with Gasteiger partial charge < -0.3 is 14.5 Å². The number of para-hydroxylation sites is 1. The van der Waals surface area contributed by atoms with Gasteiger partial charge in [-0.25, -0.2) is 4.98 Å². The van der Waals surface area contributed by atoms with Crippen LogP contribution < -0.4 is 5.56 Å². The molecule has 0 unspecified atom stereocenters. The number of nitrogens with one attached hydrogen (secondary N) is 1. The second-order valence-electron chi connectivity index (χ2n) is 6.24. The summed E-state index contributed by atoms with van der Waals surface area (Å²) in [6, 6.07) is 17.2. The number of hydrogen-bond acceptors (Lipinski definition) is 7. The molecule has 9 nitrogen and oxygen atoms in total. The van der Waals surface area contributed by atoms with E-state index in [0.717, 1.165) is 0 Å². The van der Waals surface area contributed by atoms with E-state index in [1.54, 1.807) is 30.3 Å². The van der Waals surface area contributed by atoms with E-state index in [2.05, 4.69) is 9.97 Å². The van der Waals surface area contributed by atoms with Gasteiger partial charge in [-0.15, -0.1) is 0 Å². The quantitative estimate of drug-likeness (QED) is 0.227. The Labute approximate surface area is 168 Å². The molecule has 0 atom stereocenters. The summed E-state index contributed by atoms with van der Waals surface area (Å²) in [4.78, 5) is 29.4. The number of aromatic amines is 1. The second kappa shape index (κ2) is 7.37. The van der Waals surface area contributed by atoms with Gasteiger partial charge in [0.2, 0.25) is 0 Å². The van der Waals surface area contributed by atoms with Crippen LogP contribution in [0.15, 0.2) is 69.9 Å². The molecule has 4 rings (SSSR count). The minimum Gasteiger partial charge on any atom is -0.503 e. The molecule has 0 aliphatic carbocycles. The third-order valence-electron chi connectivity index (χ3n) is 4.38. The molecule has 0 bridgehead atoms. The Morgan fingerprint density at radius 3 is 2.73 bits per heavy atom. The van der Waals surface area contributed by atoms with Crippen molar-refractivity contribution in [3.05, 3.63) is 92.7 Å². The molecule has 146 valence electrons. The number of benzene rings is 2. The van der Waals surface area contributed by atoms with E-state index < -0.39 is 16.2 Å². The maximum absolute atomic E-state index is 12.3. The average molecular weight is 400 g/mol. The second-order valence-corrected chi connectivity index (χ2v) is 6.24. The van der Waals surface area contributed by atoms with Gasteiger partial charge >= 0.3 is 0 Å². The van der Waals surface area contributed by atoms with Crippen molar-refractivity contribution < 1.29 is 14.4 Å². The maximum atomic E-state index is 12.3. The van der Waals surface area contributed by atoms with Gasteiger partial charge in [-0.05, 0) is 24.3 Å². The normalized spacial score (nSPS) is 11.7. The van der Waals surface area contributed by atoms with Gasteiger partial charge in [0.05, 0.1) is 15.8 Å². The fourth-order valence-electron chi connectivity index (χ4n) is 2.94. The monoisotopic (exact) mass is 400 g/mol. The first-order valence-electron chi connectivity index (χ1n) is 8.65. The molecule has 30 heavy (non-hydrogen) atoms. The van der Waals surface area contributed by atoms with Crippen LogP contribution in [0.5, 0.6) is 0 Å². The van der Waals surface area contributed by atoms with Crippen molar-refractivity contribution in [2.24, 2.45) is 0 Å². The van der Waals surface area contributed by atoms with E-state index in [-0.39, 0.29) is 28.6 Å². The highest BCUT2D eigenvalue weighted by atomic mass is 16.6. The molecule has 2 aromatic heterocycles. The number of H-pyrrole nitrogens is 1. The molecule has 0 aliphatic rings. The number of aliphatic hydroxyl groups is 1. The van der Waals surface area contributed by atoms with Gasteiger partial charge in [0.15, 0.2) is 17.3 Å². The zero-order chi connectivity index (χ0) is 21.3. The predicted octanol–water partition coefficient (Wildman–Crippen LogP) is 4.04. The van der Waals surface area contributed by atoms with Gasteiger partial charge in [0.1, 0.15) is 17.4 Å². The van der Waals surface area contributed by atoms with Crippen LogP contribution in [0.1, 0.15) is 11.6 Å². The minimum absolute atomic E-state index is 0.0520. The van der Waals surface area contributed by atoms with Crippen molar-refractivity contribution in [3.63, 3.8) is 0 Å². The lowest BCUT2D eigenvalue weighted by atomic mass is 10.1. The summed E-state index contributed by atoms with van der Waals surface area (Å²) >= 11 is 0. The molecule has 2 N–H and O–H groups in total. The summed E-state index contributed by atoms with van der Waals surface area (Å²) in [7, 11) is 0. The van der Waals surface area contributed by atoms with Gasteiger partial charge in [-0.2, -0.15) is 5.26 Å². The number of nitriles is 1. The minimum atomic E-state index is -0.528. The topological polar surface area (TPSA) is 146 Å². The molecule has 0 aliphatic heterocycles. The standard InChI is InChI=1S/C21H12N4O5/c22-11-15(20-23-16-7-2-1-6-14(16)21(27)24-20)19(26)18-9-8-17(30-18)12-4-3-5-13(10-12)25(28)29/h1-10,26H,(H,23,24,27)/b19-15-. The van der Waals surface area contributed by atoms with Crippen molar-refractivity contribution in [1.82, 2.24) is 9.97 Å². The van der Waals surface area contributed by atoms with E-state index >= 15 is 0 Å². The van der Waals surface area contributed by atoms with Crippen molar-refractivity contribution >= 4 is 27.9 Å². The highest BCUT2D eigenvalue weighted by molar-refractivity contribution is 5.92. The Kier molecular flexibility index (Phi) is 4.58. The van der Waals surface area contributed by atoms with Crippen LogP contribution in [0.2, 0.25) is 0 Å². The molecular formula is C21H12N4O5. The smallest absolute Gasteiger partial charge is 0.270 e. The zero-order valence-electron chi connectivity index (χ0n) is 15.2. The summed E-state index contributed by atoms with van der Waals surface area (Å²) < 4.78 is 5.59. The molecule has 0 saturated carbocycles. The van der Waals surface area contributed by atoms with Crippen molar-refractivity contribution in [3.8, 4) is 17.4 Å². The number of nitro benzene ring substituents is 1. The van der Waals surface area contributed by atoms with Gasteiger partial charge in [0, 0.05) is 17.7 Å². The molecule has 0 amide bonds. The molecule has 4 aromatic rings. The lowest BCUT2D eigenvalue weighted by molar-refractivity contribution is -0.384. The molecule has 9 heteroatoms. The molecule has 0 saturated heterocycles.